The lowest BCUT2D eigenvalue weighted by Gasteiger charge is -2.00. The molecule has 0 aromatic rings. The summed E-state index contributed by atoms with van der Waals surface area (Å²) in [5, 5.41) is 16.7. The predicted molar refractivity (Wildman–Crippen MR) is 33.6 cm³/mol. The van der Waals surface area contributed by atoms with Crippen molar-refractivity contribution in [2.24, 2.45) is 0 Å². The Balaban J connectivity index is 3.82. The smallest absolute Gasteiger partial charge is 0.340 e. The summed E-state index contributed by atoms with van der Waals surface area (Å²) < 4.78 is 0. The van der Waals surface area contributed by atoms with Crippen molar-refractivity contribution in [1.29, 1.82) is 0 Å². The van der Waals surface area contributed by atoms with E-state index in [2.05, 4.69) is 0 Å². The number of carbonyl (C=O) groups is 2. The zero-order valence-corrected chi connectivity index (χ0v) is 5.70. The van der Waals surface area contributed by atoms with Crippen LogP contribution in [0.25, 0.3) is 0 Å². The fourth-order valence-corrected chi connectivity index (χ4v) is 0.521. The van der Waals surface area contributed by atoms with Gasteiger partial charge in [-0.05, 0) is 6.42 Å². The summed E-state index contributed by atoms with van der Waals surface area (Å²) in [6.45, 7) is 1.74. The number of aliphatic hydroxyl groups is 1. The van der Waals surface area contributed by atoms with E-state index in [0.29, 0.717) is 6.42 Å². The molecule has 0 spiro atoms. The Morgan fingerprint density at radius 3 is 2.30 bits per heavy atom. The molecule has 0 saturated heterocycles. The highest BCUT2D eigenvalue weighted by Gasteiger charge is 2.20. The van der Waals surface area contributed by atoms with E-state index in [1.165, 1.54) is 0 Å². The van der Waals surface area contributed by atoms with Gasteiger partial charge < -0.3 is 10.2 Å². The highest BCUT2D eigenvalue weighted by Crippen LogP contribution is 1.94. The Labute approximate surface area is 58.5 Å². The van der Waals surface area contributed by atoms with Gasteiger partial charge in [-0.1, -0.05) is 6.92 Å². The van der Waals surface area contributed by atoms with Gasteiger partial charge in [0.25, 0.3) is 0 Å². The first-order valence-corrected chi connectivity index (χ1v) is 3.03. The number of Topliss-reactive ketones (excluding diaryl/α,β-unsaturated/α-hetero) is 1. The SMILES string of the molecule is CCCC(=O)C(O)C(=O)O. The third kappa shape index (κ3) is 2.59. The molecular weight excluding hydrogens is 136 g/mol. The van der Waals surface area contributed by atoms with E-state index in [1.807, 2.05) is 0 Å². The lowest BCUT2D eigenvalue weighted by atomic mass is 10.1. The van der Waals surface area contributed by atoms with Gasteiger partial charge in [0.1, 0.15) is 0 Å². The predicted octanol–water partition coefficient (Wildman–Crippen LogP) is -0.199. The molecule has 0 aromatic carbocycles. The number of aliphatic carboxylic acids is 1. The highest BCUT2D eigenvalue weighted by molar-refractivity contribution is 6.00. The summed E-state index contributed by atoms with van der Waals surface area (Å²) in [5.74, 6) is -2.10. The molecule has 4 heteroatoms. The number of ketones is 1. The van der Waals surface area contributed by atoms with Crippen LogP contribution in [0.2, 0.25) is 0 Å². The summed E-state index contributed by atoms with van der Waals surface area (Å²) in [6, 6.07) is 0. The van der Waals surface area contributed by atoms with Crippen molar-refractivity contribution in [3.05, 3.63) is 0 Å². The van der Waals surface area contributed by atoms with E-state index in [4.69, 9.17) is 10.2 Å². The molecule has 1 atom stereocenters. The minimum Gasteiger partial charge on any atom is -0.479 e. The Hall–Kier alpha value is -0.900. The van der Waals surface area contributed by atoms with Crippen molar-refractivity contribution in [2.45, 2.75) is 25.9 Å². The van der Waals surface area contributed by atoms with Gasteiger partial charge in [0.15, 0.2) is 5.78 Å². The van der Waals surface area contributed by atoms with Crippen LogP contribution in [0.4, 0.5) is 0 Å². The molecular formula is C6H10O4. The number of rotatable bonds is 4. The Morgan fingerprint density at radius 1 is 1.50 bits per heavy atom. The first-order valence-electron chi connectivity index (χ1n) is 3.03. The second kappa shape index (κ2) is 4.00. The summed E-state index contributed by atoms with van der Waals surface area (Å²) >= 11 is 0. The normalized spacial score (nSPS) is 12.6. The third-order valence-electron chi connectivity index (χ3n) is 1.04. The van der Waals surface area contributed by atoms with E-state index in [9.17, 15) is 9.59 Å². The maximum atomic E-state index is 10.6. The number of carbonyl (C=O) groups excluding carboxylic acids is 1. The van der Waals surface area contributed by atoms with Crippen LogP contribution in [0.15, 0.2) is 0 Å². The monoisotopic (exact) mass is 146 g/mol. The largest absolute Gasteiger partial charge is 0.479 e. The molecule has 10 heavy (non-hydrogen) atoms. The molecule has 0 rings (SSSR count). The quantitative estimate of drug-likeness (QED) is 0.538. The molecule has 0 aliphatic heterocycles. The van der Waals surface area contributed by atoms with Crippen molar-refractivity contribution in [3.63, 3.8) is 0 Å². The van der Waals surface area contributed by atoms with Gasteiger partial charge in [-0.25, -0.2) is 4.79 Å². The van der Waals surface area contributed by atoms with Gasteiger partial charge in [-0.15, -0.1) is 0 Å². The Kier molecular flexibility index (Phi) is 3.64. The van der Waals surface area contributed by atoms with Crippen molar-refractivity contribution in [2.75, 3.05) is 0 Å². The van der Waals surface area contributed by atoms with Crippen LogP contribution in [-0.2, 0) is 9.59 Å². The second-order valence-electron chi connectivity index (χ2n) is 1.96. The van der Waals surface area contributed by atoms with E-state index >= 15 is 0 Å². The van der Waals surface area contributed by atoms with E-state index in [1.54, 1.807) is 6.92 Å². The third-order valence-corrected chi connectivity index (χ3v) is 1.04. The number of hydrogen-bond acceptors (Lipinski definition) is 3. The zero-order valence-electron chi connectivity index (χ0n) is 5.70. The molecule has 0 bridgehead atoms. The number of aliphatic hydroxyl groups excluding tert-OH is 1. The molecule has 0 heterocycles. The van der Waals surface area contributed by atoms with Gasteiger partial charge in [-0.2, -0.15) is 0 Å². The fourth-order valence-electron chi connectivity index (χ4n) is 0.521. The lowest BCUT2D eigenvalue weighted by molar-refractivity contribution is -0.152. The Morgan fingerprint density at radius 2 is 2.00 bits per heavy atom. The summed E-state index contributed by atoms with van der Waals surface area (Å²) in [5.41, 5.74) is 0. The van der Waals surface area contributed by atoms with Crippen LogP contribution >= 0.6 is 0 Å². The van der Waals surface area contributed by atoms with Gasteiger partial charge in [-0.3, -0.25) is 4.79 Å². The second-order valence-corrected chi connectivity index (χ2v) is 1.96. The van der Waals surface area contributed by atoms with Crippen molar-refractivity contribution >= 4 is 11.8 Å². The average Bonchev–Trinajstić information content (AvgIpc) is 1.87. The van der Waals surface area contributed by atoms with Crippen molar-refractivity contribution in [3.8, 4) is 0 Å². The highest BCUT2D eigenvalue weighted by atomic mass is 16.4. The van der Waals surface area contributed by atoms with Gasteiger partial charge in [0.2, 0.25) is 6.10 Å². The van der Waals surface area contributed by atoms with Crippen LogP contribution in [0.1, 0.15) is 19.8 Å². The van der Waals surface area contributed by atoms with Crippen LogP contribution in [0.3, 0.4) is 0 Å². The van der Waals surface area contributed by atoms with Crippen molar-refractivity contribution < 1.29 is 19.8 Å². The van der Waals surface area contributed by atoms with Gasteiger partial charge in [0.05, 0.1) is 0 Å². The topological polar surface area (TPSA) is 74.6 Å². The maximum Gasteiger partial charge on any atom is 0.340 e. The first-order chi connectivity index (χ1) is 4.59. The molecule has 58 valence electrons. The van der Waals surface area contributed by atoms with Crippen molar-refractivity contribution in [1.82, 2.24) is 0 Å². The van der Waals surface area contributed by atoms with E-state index in [-0.39, 0.29) is 6.42 Å². The minimum absolute atomic E-state index is 0.119. The lowest BCUT2D eigenvalue weighted by Crippen LogP contribution is -2.29. The standard InChI is InChI=1S/C6H10O4/c1-2-3-4(7)5(8)6(9)10/h5,8H,2-3H2,1H3,(H,9,10). The molecule has 0 aromatic heterocycles. The summed E-state index contributed by atoms with van der Waals surface area (Å²) in [4.78, 5) is 20.5. The van der Waals surface area contributed by atoms with E-state index < -0.39 is 17.9 Å². The minimum atomic E-state index is -1.83. The molecule has 0 fully saturated rings. The molecule has 4 nitrogen and oxygen atoms in total. The molecule has 0 amide bonds. The van der Waals surface area contributed by atoms with Crippen LogP contribution in [-0.4, -0.2) is 28.1 Å². The van der Waals surface area contributed by atoms with Gasteiger partial charge >= 0.3 is 5.97 Å². The number of carboxylic acid groups (broad SMARTS) is 1. The Bertz CT molecular complexity index is 141. The fraction of sp³-hybridized carbons (Fsp3) is 0.667. The zero-order chi connectivity index (χ0) is 8.15. The van der Waals surface area contributed by atoms with Crippen LogP contribution in [0.5, 0.6) is 0 Å². The van der Waals surface area contributed by atoms with Crippen LogP contribution < -0.4 is 0 Å². The molecule has 0 saturated carbocycles. The average molecular weight is 146 g/mol. The summed E-state index contributed by atoms with van der Waals surface area (Å²) in [7, 11) is 0. The molecule has 0 aliphatic rings. The number of hydrogen-bond donors (Lipinski definition) is 2. The van der Waals surface area contributed by atoms with Crippen LogP contribution in [0, 0.1) is 0 Å². The number of carboxylic acids is 1. The molecule has 0 aliphatic carbocycles. The maximum absolute atomic E-state index is 10.6. The molecule has 2 N–H and O–H groups in total. The molecule has 1 unspecified atom stereocenters. The van der Waals surface area contributed by atoms with Gasteiger partial charge in [0, 0.05) is 6.42 Å². The van der Waals surface area contributed by atoms with E-state index in [0.717, 1.165) is 0 Å². The summed E-state index contributed by atoms with van der Waals surface area (Å²) in [6.07, 6.45) is -1.16. The first kappa shape index (κ1) is 9.10. The molecule has 0 radical (unpaired) electrons.